The molecule has 1 unspecified atom stereocenters. The van der Waals surface area contributed by atoms with Crippen LogP contribution in [0.15, 0.2) is 69.1 Å². The molecule has 0 fully saturated rings. The molecule has 0 bridgehead atoms. The lowest BCUT2D eigenvalue weighted by molar-refractivity contribution is -0.116. The standard InChI is InChI=1S/C23H18O4/c1-13-7-2-3-8-14(13)19-20-16(24)10-6-12-18(20)26-22-15-9-4-5-11-17(15)27-23(25)21(19)22/h2-5,7-9,11,19H,6,10,12H2,1H3. The van der Waals surface area contributed by atoms with Crippen molar-refractivity contribution in [2.75, 3.05) is 0 Å². The Balaban J connectivity index is 1.89. The molecule has 1 aliphatic heterocycles. The number of carbonyl (C=O) groups excluding carboxylic acids is 1. The number of rotatable bonds is 1. The van der Waals surface area contributed by atoms with Crippen LogP contribution in [0.2, 0.25) is 0 Å². The summed E-state index contributed by atoms with van der Waals surface area (Å²) in [6.45, 7) is 2.00. The first-order valence-corrected chi connectivity index (χ1v) is 9.20. The first-order valence-electron chi connectivity index (χ1n) is 9.20. The fraction of sp³-hybridized carbons (Fsp3) is 0.217. The summed E-state index contributed by atoms with van der Waals surface area (Å²) in [5.41, 5.74) is 3.08. The summed E-state index contributed by atoms with van der Waals surface area (Å²) in [4.78, 5) is 25.8. The van der Waals surface area contributed by atoms with Crippen LogP contribution >= 0.6 is 0 Å². The number of aryl methyl sites for hydroxylation is 1. The van der Waals surface area contributed by atoms with Crippen molar-refractivity contribution in [2.45, 2.75) is 32.1 Å². The Morgan fingerprint density at radius 3 is 2.59 bits per heavy atom. The zero-order valence-electron chi connectivity index (χ0n) is 15.0. The number of Topliss-reactive ketones (excluding diaryl/α,β-unsaturated/α-hetero) is 1. The van der Waals surface area contributed by atoms with E-state index in [0.717, 1.165) is 22.9 Å². The van der Waals surface area contributed by atoms with E-state index in [9.17, 15) is 9.59 Å². The van der Waals surface area contributed by atoms with Crippen molar-refractivity contribution in [3.05, 3.63) is 87.0 Å². The average Bonchev–Trinajstić information content (AvgIpc) is 2.67. The third-order valence-electron chi connectivity index (χ3n) is 5.51. The Morgan fingerprint density at radius 2 is 1.74 bits per heavy atom. The maximum atomic E-state index is 13.0. The molecule has 3 aromatic rings. The second-order valence-corrected chi connectivity index (χ2v) is 7.13. The van der Waals surface area contributed by atoms with Crippen LogP contribution < -0.4 is 10.4 Å². The van der Waals surface area contributed by atoms with Gasteiger partial charge in [-0.25, -0.2) is 4.79 Å². The molecule has 0 amide bonds. The average molecular weight is 358 g/mol. The van der Waals surface area contributed by atoms with Crippen LogP contribution in [0, 0.1) is 6.92 Å². The van der Waals surface area contributed by atoms with Crippen molar-refractivity contribution in [3.63, 3.8) is 0 Å². The second kappa shape index (κ2) is 5.95. The van der Waals surface area contributed by atoms with Gasteiger partial charge in [-0.05, 0) is 36.6 Å². The van der Waals surface area contributed by atoms with E-state index >= 15 is 0 Å². The lowest BCUT2D eigenvalue weighted by atomic mass is 9.76. The normalized spacial score (nSPS) is 18.9. The highest BCUT2D eigenvalue weighted by atomic mass is 16.5. The number of ether oxygens (including phenoxy) is 1. The highest BCUT2D eigenvalue weighted by Crippen LogP contribution is 2.48. The van der Waals surface area contributed by atoms with Gasteiger partial charge in [0.15, 0.2) is 5.78 Å². The Labute approximate surface area is 156 Å². The van der Waals surface area contributed by atoms with Gasteiger partial charge in [0.05, 0.1) is 16.9 Å². The first kappa shape index (κ1) is 16.1. The van der Waals surface area contributed by atoms with Gasteiger partial charge >= 0.3 is 5.63 Å². The van der Waals surface area contributed by atoms with E-state index in [4.69, 9.17) is 9.15 Å². The number of benzene rings is 2. The number of carbonyl (C=O) groups is 1. The minimum absolute atomic E-state index is 0.0581. The highest BCUT2D eigenvalue weighted by molar-refractivity contribution is 6.00. The number of allylic oxidation sites excluding steroid dienone is 2. The molecule has 0 spiro atoms. The summed E-state index contributed by atoms with van der Waals surface area (Å²) in [5.74, 6) is 0.840. The van der Waals surface area contributed by atoms with E-state index < -0.39 is 11.5 Å². The number of ketones is 1. The van der Waals surface area contributed by atoms with Crippen molar-refractivity contribution in [2.24, 2.45) is 0 Å². The van der Waals surface area contributed by atoms with Gasteiger partial charge in [-0.1, -0.05) is 36.4 Å². The number of fused-ring (bicyclic) bond motifs is 3. The maximum Gasteiger partial charge on any atom is 0.344 e. The minimum atomic E-state index is -0.446. The SMILES string of the molecule is Cc1ccccc1C1C2=C(CCCC2=O)Oc2c1c(=O)oc1ccccc21. The summed E-state index contributed by atoms with van der Waals surface area (Å²) in [5, 5.41) is 0.759. The molecule has 1 aromatic heterocycles. The van der Waals surface area contributed by atoms with E-state index in [2.05, 4.69) is 0 Å². The predicted octanol–water partition coefficient (Wildman–Crippen LogP) is 4.63. The molecule has 2 aliphatic rings. The molecular formula is C23H18O4. The summed E-state index contributed by atoms with van der Waals surface area (Å²) in [6, 6.07) is 15.3. The Morgan fingerprint density at radius 1 is 0.963 bits per heavy atom. The van der Waals surface area contributed by atoms with Gasteiger partial charge in [-0.2, -0.15) is 0 Å². The highest BCUT2D eigenvalue weighted by Gasteiger charge is 2.40. The number of para-hydroxylation sites is 1. The molecule has 0 saturated heterocycles. The largest absolute Gasteiger partial charge is 0.460 e. The van der Waals surface area contributed by atoms with Crippen LogP contribution in [0.5, 0.6) is 5.75 Å². The van der Waals surface area contributed by atoms with Crippen LogP contribution in [-0.2, 0) is 4.79 Å². The summed E-state index contributed by atoms with van der Waals surface area (Å²) < 4.78 is 11.8. The topological polar surface area (TPSA) is 56.5 Å². The van der Waals surface area contributed by atoms with Crippen molar-refractivity contribution >= 4 is 16.8 Å². The van der Waals surface area contributed by atoms with Crippen molar-refractivity contribution in [3.8, 4) is 5.75 Å². The van der Waals surface area contributed by atoms with E-state index in [-0.39, 0.29) is 5.78 Å². The molecule has 0 N–H and O–H groups in total. The smallest absolute Gasteiger partial charge is 0.344 e. The molecule has 4 heteroatoms. The zero-order valence-corrected chi connectivity index (χ0v) is 15.0. The van der Waals surface area contributed by atoms with Crippen LogP contribution in [0.3, 0.4) is 0 Å². The zero-order chi connectivity index (χ0) is 18.5. The molecule has 1 atom stereocenters. The van der Waals surface area contributed by atoms with E-state index in [0.29, 0.717) is 41.1 Å². The third-order valence-corrected chi connectivity index (χ3v) is 5.51. The van der Waals surface area contributed by atoms with Crippen molar-refractivity contribution < 1.29 is 13.9 Å². The van der Waals surface area contributed by atoms with Gasteiger partial charge in [0.2, 0.25) is 0 Å². The van der Waals surface area contributed by atoms with Crippen LogP contribution in [0.25, 0.3) is 11.0 Å². The Kier molecular flexibility index (Phi) is 3.54. The molecule has 2 aromatic carbocycles. The van der Waals surface area contributed by atoms with Gasteiger partial charge < -0.3 is 9.15 Å². The summed E-state index contributed by atoms with van der Waals surface area (Å²) >= 11 is 0. The maximum absolute atomic E-state index is 13.0. The predicted molar refractivity (Wildman–Crippen MR) is 102 cm³/mol. The van der Waals surface area contributed by atoms with Gasteiger partial charge in [-0.15, -0.1) is 0 Å². The molecule has 5 rings (SSSR count). The van der Waals surface area contributed by atoms with Gasteiger partial charge in [0.25, 0.3) is 0 Å². The fourth-order valence-electron chi connectivity index (χ4n) is 4.25. The number of hydrogen-bond acceptors (Lipinski definition) is 4. The molecule has 27 heavy (non-hydrogen) atoms. The van der Waals surface area contributed by atoms with Crippen molar-refractivity contribution in [1.29, 1.82) is 0 Å². The minimum Gasteiger partial charge on any atom is -0.460 e. The van der Waals surface area contributed by atoms with Gasteiger partial charge in [0, 0.05) is 18.4 Å². The molecular weight excluding hydrogens is 340 g/mol. The molecule has 0 radical (unpaired) electrons. The summed E-state index contributed by atoms with van der Waals surface area (Å²) in [6.07, 6.45) is 1.96. The van der Waals surface area contributed by atoms with E-state index in [1.807, 2.05) is 49.4 Å². The molecule has 4 nitrogen and oxygen atoms in total. The lowest BCUT2D eigenvalue weighted by Crippen LogP contribution is -2.29. The molecule has 1 aliphatic carbocycles. The first-order chi connectivity index (χ1) is 13.1. The Bertz CT molecular complexity index is 1180. The fourth-order valence-corrected chi connectivity index (χ4v) is 4.25. The molecule has 2 heterocycles. The lowest BCUT2D eigenvalue weighted by Gasteiger charge is -2.32. The third kappa shape index (κ3) is 2.36. The second-order valence-electron chi connectivity index (χ2n) is 7.13. The Hall–Kier alpha value is -3.14. The summed E-state index contributed by atoms with van der Waals surface area (Å²) in [7, 11) is 0. The quantitative estimate of drug-likeness (QED) is 0.595. The monoisotopic (exact) mass is 358 g/mol. The molecule has 134 valence electrons. The van der Waals surface area contributed by atoms with Gasteiger partial charge in [0.1, 0.15) is 17.1 Å². The van der Waals surface area contributed by atoms with Crippen molar-refractivity contribution in [1.82, 2.24) is 0 Å². The van der Waals surface area contributed by atoms with Crippen LogP contribution in [0.1, 0.15) is 41.9 Å². The molecule has 0 saturated carbocycles. The van der Waals surface area contributed by atoms with E-state index in [1.165, 1.54) is 0 Å². The van der Waals surface area contributed by atoms with Gasteiger partial charge in [-0.3, -0.25) is 4.79 Å². The van der Waals surface area contributed by atoms with Crippen LogP contribution in [-0.4, -0.2) is 5.78 Å². The number of hydrogen-bond donors (Lipinski definition) is 0. The van der Waals surface area contributed by atoms with E-state index in [1.54, 1.807) is 6.07 Å². The van der Waals surface area contributed by atoms with Crippen LogP contribution in [0.4, 0.5) is 0 Å².